The van der Waals surface area contributed by atoms with E-state index >= 15 is 0 Å². The molecule has 0 aliphatic rings. The standard InChI is InChI=1S/C20H24N2O3/c1-2-3-15-25-18-11-9-17(10-12-18)22-20(24)19(23)21-14-13-16-7-5-4-6-8-16/h4-12H,2-3,13-15H2,1H3,(H,21,23)(H,22,24). The molecule has 0 aromatic heterocycles. The SMILES string of the molecule is CCCCOc1ccc(NC(=O)C(=O)NCCc2ccccc2)cc1. The second-order valence-corrected chi connectivity index (χ2v) is 5.67. The molecule has 0 atom stereocenters. The van der Waals surface area contributed by atoms with Crippen LogP contribution >= 0.6 is 0 Å². The number of benzene rings is 2. The smallest absolute Gasteiger partial charge is 0.313 e. The normalized spacial score (nSPS) is 10.1. The number of carbonyl (C=O) groups is 2. The average Bonchev–Trinajstić information content (AvgIpc) is 2.64. The highest BCUT2D eigenvalue weighted by Gasteiger charge is 2.13. The topological polar surface area (TPSA) is 67.4 Å². The van der Waals surface area contributed by atoms with Crippen molar-refractivity contribution < 1.29 is 14.3 Å². The van der Waals surface area contributed by atoms with Crippen LogP contribution < -0.4 is 15.4 Å². The Morgan fingerprint density at radius 3 is 2.36 bits per heavy atom. The number of unbranched alkanes of at least 4 members (excludes halogenated alkanes) is 1. The minimum absolute atomic E-state index is 0.417. The van der Waals surface area contributed by atoms with E-state index < -0.39 is 11.8 Å². The van der Waals surface area contributed by atoms with Crippen LogP contribution in [0, 0.1) is 0 Å². The summed E-state index contributed by atoms with van der Waals surface area (Å²) in [4.78, 5) is 23.7. The molecule has 2 N–H and O–H groups in total. The molecule has 0 fully saturated rings. The maximum absolute atomic E-state index is 11.9. The number of hydrogen-bond acceptors (Lipinski definition) is 3. The monoisotopic (exact) mass is 340 g/mol. The molecule has 0 aliphatic carbocycles. The number of amides is 2. The van der Waals surface area contributed by atoms with Gasteiger partial charge in [-0.3, -0.25) is 9.59 Å². The molecule has 2 aromatic carbocycles. The van der Waals surface area contributed by atoms with E-state index in [0.29, 0.717) is 25.3 Å². The van der Waals surface area contributed by atoms with E-state index in [1.807, 2.05) is 30.3 Å². The van der Waals surface area contributed by atoms with Gasteiger partial charge < -0.3 is 15.4 Å². The summed E-state index contributed by atoms with van der Waals surface area (Å²) in [5, 5.41) is 5.20. The van der Waals surface area contributed by atoms with Crippen molar-refractivity contribution in [1.29, 1.82) is 0 Å². The first kappa shape index (κ1) is 18.5. The highest BCUT2D eigenvalue weighted by Crippen LogP contribution is 2.16. The fourth-order valence-electron chi connectivity index (χ4n) is 2.20. The molecule has 0 saturated carbocycles. The van der Waals surface area contributed by atoms with Crippen LogP contribution in [-0.2, 0) is 16.0 Å². The second-order valence-electron chi connectivity index (χ2n) is 5.67. The highest BCUT2D eigenvalue weighted by atomic mass is 16.5. The van der Waals surface area contributed by atoms with E-state index in [2.05, 4.69) is 17.6 Å². The van der Waals surface area contributed by atoms with Crippen molar-refractivity contribution in [1.82, 2.24) is 5.32 Å². The van der Waals surface area contributed by atoms with Gasteiger partial charge in [-0.2, -0.15) is 0 Å². The first-order chi connectivity index (χ1) is 12.2. The zero-order chi connectivity index (χ0) is 17.9. The van der Waals surface area contributed by atoms with E-state index in [-0.39, 0.29) is 0 Å². The molecule has 0 unspecified atom stereocenters. The van der Waals surface area contributed by atoms with Crippen LogP contribution in [-0.4, -0.2) is 25.0 Å². The van der Waals surface area contributed by atoms with Crippen molar-refractivity contribution >= 4 is 17.5 Å². The molecule has 2 aromatic rings. The Hall–Kier alpha value is -2.82. The Morgan fingerprint density at radius 2 is 1.68 bits per heavy atom. The summed E-state index contributed by atoms with van der Waals surface area (Å²) in [6.07, 6.45) is 2.76. The van der Waals surface area contributed by atoms with Gasteiger partial charge in [0.15, 0.2) is 0 Å². The summed E-state index contributed by atoms with van der Waals surface area (Å²) in [6, 6.07) is 16.8. The number of rotatable bonds is 8. The maximum atomic E-state index is 11.9. The molecule has 0 heterocycles. The van der Waals surface area contributed by atoms with E-state index in [1.165, 1.54) is 0 Å². The Kier molecular flexibility index (Phi) is 7.50. The third kappa shape index (κ3) is 6.67. The predicted molar refractivity (Wildman–Crippen MR) is 98.6 cm³/mol. The van der Waals surface area contributed by atoms with Gasteiger partial charge in [-0.05, 0) is 42.7 Å². The third-order valence-corrected chi connectivity index (χ3v) is 3.63. The van der Waals surface area contributed by atoms with Crippen molar-refractivity contribution in [3.05, 3.63) is 60.2 Å². The third-order valence-electron chi connectivity index (χ3n) is 3.63. The molecular formula is C20H24N2O3. The van der Waals surface area contributed by atoms with Crippen molar-refractivity contribution in [2.75, 3.05) is 18.5 Å². The van der Waals surface area contributed by atoms with Crippen LogP contribution in [0.15, 0.2) is 54.6 Å². The van der Waals surface area contributed by atoms with Crippen LogP contribution in [0.3, 0.4) is 0 Å². The lowest BCUT2D eigenvalue weighted by molar-refractivity contribution is -0.136. The van der Waals surface area contributed by atoms with Crippen LogP contribution in [0.1, 0.15) is 25.3 Å². The van der Waals surface area contributed by atoms with Crippen molar-refractivity contribution in [3.8, 4) is 5.75 Å². The molecule has 0 radical (unpaired) electrons. The first-order valence-electron chi connectivity index (χ1n) is 8.55. The maximum Gasteiger partial charge on any atom is 0.313 e. The molecule has 5 nitrogen and oxygen atoms in total. The zero-order valence-corrected chi connectivity index (χ0v) is 14.5. The molecule has 0 saturated heterocycles. The Morgan fingerprint density at radius 1 is 0.960 bits per heavy atom. The molecule has 5 heteroatoms. The molecule has 132 valence electrons. The minimum Gasteiger partial charge on any atom is -0.494 e. The second kappa shape index (κ2) is 10.1. The lowest BCUT2D eigenvalue weighted by Gasteiger charge is -2.08. The first-order valence-corrected chi connectivity index (χ1v) is 8.55. The van der Waals surface area contributed by atoms with Gasteiger partial charge in [0.2, 0.25) is 0 Å². The molecule has 25 heavy (non-hydrogen) atoms. The number of nitrogens with one attached hydrogen (secondary N) is 2. The highest BCUT2D eigenvalue weighted by molar-refractivity contribution is 6.39. The van der Waals surface area contributed by atoms with Crippen LogP contribution in [0.5, 0.6) is 5.75 Å². The van der Waals surface area contributed by atoms with E-state index in [0.717, 1.165) is 24.2 Å². The van der Waals surface area contributed by atoms with Gasteiger partial charge in [0.05, 0.1) is 6.61 Å². The van der Waals surface area contributed by atoms with Gasteiger partial charge in [0.1, 0.15) is 5.75 Å². The van der Waals surface area contributed by atoms with Gasteiger partial charge >= 0.3 is 11.8 Å². The number of hydrogen-bond donors (Lipinski definition) is 2. The fourth-order valence-corrected chi connectivity index (χ4v) is 2.20. The Bertz CT molecular complexity index is 669. The summed E-state index contributed by atoms with van der Waals surface area (Å²) >= 11 is 0. The largest absolute Gasteiger partial charge is 0.494 e. The molecule has 0 aliphatic heterocycles. The number of carbonyl (C=O) groups excluding carboxylic acids is 2. The summed E-state index contributed by atoms with van der Waals surface area (Å²) in [7, 11) is 0. The van der Waals surface area contributed by atoms with E-state index in [9.17, 15) is 9.59 Å². The lowest BCUT2D eigenvalue weighted by atomic mass is 10.1. The van der Waals surface area contributed by atoms with Gasteiger partial charge in [-0.15, -0.1) is 0 Å². The quantitative estimate of drug-likeness (QED) is 0.573. The van der Waals surface area contributed by atoms with Crippen molar-refractivity contribution in [3.63, 3.8) is 0 Å². The van der Waals surface area contributed by atoms with Crippen LogP contribution in [0.2, 0.25) is 0 Å². The van der Waals surface area contributed by atoms with Crippen LogP contribution in [0.25, 0.3) is 0 Å². The summed E-state index contributed by atoms with van der Waals surface area (Å²) in [5.41, 5.74) is 1.67. The number of ether oxygens (including phenoxy) is 1. The summed E-state index contributed by atoms with van der Waals surface area (Å²) < 4.78 is 5.56. The van der Waals surface area contributed by atoms with E-state index in [1.54, 1.807) is 24.3 Å². The molecule has 0 bridgehead atoms. The fraction of sp³-hybridized carbons (Fsp3) is 0.300. The lowest BCUT2D eigenvalue weighted by Crippen LogP contribution is -2.36. The summed E-state index contributed by atoms with van der Waals surface area (Å²) in [6.45, 7) is 3.19. The van der Waals surface area contributed by atoms with Gasteiger partial charge in [-0.1, -0.05) is 43.7 Å². The molecule has 0 spiro atoms. The molecule has 2 rings (SSSR count). The zero-order valence-electron chi connectivity index (χ0n) is 14.5. The van der Waals surface area contributed by atoms with Crippen LogP contribution in [0.4, 0.5) is 5.69 Å². The van der Waals surface area contributed by atoms with Gasteiger partial charge in [-0.25, -0.2) is 0 Å². The van der Waals surface area contributed by atoms with Crippen molar-refractivity contribution in [2.45, 2.75) is 26.2 Å². The van der Waals surface area contributed by atoms with E-state index in [4.69, 9.17) is 4.74 Å². The Balaban J connectivity index is 1.73. The molecular weight excluding hydrogens is 316 g/mol. The minimum atomic E-state index is -0.673. The summed E-state index contributed by atoms with van der Waals surface area (Å²) in [5.74, 6) is -0.564. The molecule has 2 amide bonds. The predicted octanol–water partition coefficient (Wildman–Crippen LogP) is 3.16. The Labute approximate surface area is 148 Å². The van der Waals surface area contributed by atoms with Crippen molar-refractivity contribution in [2.24, 2.45) is 0 Å². The number of anilines is 1. The van der Waals surface area contributed by atoms with Gasteiger partial charge in [0, 0.05) is 12.2 Å². The average molecular weight is 340 g/mol. The van der Waals surface area contributed by atoms with Gasteiger partial charge in [0.25, 0.3) is 0 Å².